The Morgan fingerprint density at radius 2 is 1.65 bits per heavy atom. The summed E-state index contributed by atoms with van der Waals surface area (Å²) >= 11 is 0. The summed E-state index contributed by atoms with van der Waals surface area (Å²) in [6.07, 6.45) is 3.91. The molecule has 8 nitrogen and oxygen atoms in total. The average molecular weight is 429 g/mol. The highest BCUT2D eigenvalue weighted by atomic mass is 16.5. The van der Waals surface area contributed by atoms with Crippen molar-refractivity contribution in [1.82, 2.24) is 29.5 Å². The number of carbonyl (C=O) groups is 1. The van der Waals surface area contributed by atoms with Gasteiger partial charge < -0.3 is 14.5 Å². The number of methoxy groups -OCH3 is 1. The Morgan fingerprint density at radius 3 is 2.29 bits per heavy atom. The molecular weight excluding hydrogens is 392 g/mol. The number of aryl methyl sites for hydroxylation is 3. The van der Waals surface area contributed by atoms with E-state index >= 15 is 0 Å². The number of nitrogens with zero attached hydrogens (tertiary/aromatic N) is 6. The summed E-state index contributed by atoms with van der Waals surface area (Å²) in [7, 11) is 3.51. The van der Waals surface area contributed by atoms with E-state index in [0.717, 1.165) is 60.6 Å². The van der Waals surface area contributed by atoms with E-state index in [1.807, 2.05) is 18.9 Å². The number of pyridine rings is 1. The first-order chi connectivity index (χ1) is 15.0. The number of aromatic nitrogens is 3. The van der Waals surface area contributed by atoms with Gasteiger partial charge in [-0.3, -0.25) is 9.69 Å². The molecule has 4 heterocycles. The fourth-order valence-electron chi connectivity index (χ4n) is 5.01. The predicted octanol–water partition coefficient (Wildman–Crippen LogP) is 1.77. The third-order valence-corrected chi connectivity index (χ3v) is 6.96. The summed E-state index contributed by atoms with van der Waals surface area (Å²) in [5.41, 5.74) is 4.05. The third-order valence-electron chi connectivity index (χ3n) is 6.96. The second kappa shape index (κ2) is 9.53. The Kier molecular flexibility index (Phi) is 6.77. The summed E-state index contributed by atoms with van der Waals surface area (Å²) in [6, 6.07) is 0. The summed E-state index contributed by atoms with van der Waals surface area (Å²) in [5, 5.41) is 5.37. The van der Waals surface area contributed by atoms with E-state index in [1.165, 1.54) is 32.5 Å². The van der Waals surface area contributed by atoms with Crippen LogP contribution >= 0.6 is 0 Å². The fraction of sp³-hybridized carbons (Fsp3) is 0.696. The van der Waals surface area contributed by atoms with Crippen molar-refractivity contribution < 1.29 is 9.53 Å². The number of fused-ring (bicyclic) bond motifs is 1. The molecule has 0 atom stereocenters. The maximum absolute atomic E-state index is 12.9. The van der Waals surface area contributed by atoms with Crippen molar-refractivity contribution in [3.8, 4) is 5.88 Å². The van der Waals surface area contributed by atoms with Gasteiger partial charge in [0.1, 0.15) is 0 Å². The Balaban J connectivity index is 1.32. The van der Waals surface area contributed by atoms with E-state index in [0.29, 0.717) is 18.7 Å². The molecule has 31 heavy (non-hydrogen) atoms. The quantitative estimate of drug-likeness (QED) is 0.670. The van der Waals surface area contributed by atoms with E-state index in [2.05, 4.69) is 21.8 Å². The molecule has 4 rings (SSSR count). The first kappa shape index (κ1) is 22.0. The van der Waals surface area contributed by atoms with Crippen molar-refractivity contribution in [2.24, 2.45) is 7.05 Å². The van der Waals surface area contributed by atoms with Crippen molar-refractivity contribution >= 4 is 16.9 Å². The largest absolute Gasteiger partial charge is 0.479 e. The van der Waals surface area contributed by atoms with E-state index in [9.17, 15) is 4.79 Å². The van der Waals surface area contributed by atoms with Crippen LogP contribution in [0.25, 0.3) is 11.0 Å². The average Bonchev–Trinajstić information content (AvgIpc) is 3.40. The summed E-state index contributed by atoms with van der Waals surface area (Å²) in [5.74, 6) is 0.844. The van der Waals surface area contributed by atoms with Gasteiger partial charge in [0.25, 0.3) is 0 Å². The molecule has 8 heteroatoms. The molecule has 1 amide bonds. The first-order valence-electron chi connectivity index (χ1n) is 11.6. The van der Waals surface area contributed by atoms with Crippen LogP contribution in [0.2, 0.25) is 0 Å². The molecule has 2 aromatic rings. The van der Waals surface area contributed by atoms with Gasteiger partial charge in [-0.15, -0.1) is 5.10 Å². The lowest BCUT2D eigenvalue weighted by Crippen LogP contribution is -2.50. The number of likely N-dealkylation sites (tertiary alicyclic amines) is 1. The van der Waals surface area contributed by atoms with E-state index < -0.39 is 0 Å². The Labute approximate surface area is 185 Å². The van der Waals surface area contributed by atoms with Crippen LogP contribution in [0.15, 0.2) is 0 Å². The molecule has 0 radical (unpaired) electrons. The van der Waals surface area contributed by atoms with Crippen LogP contribution in [-0.2, 0) is 18.3 Å². The van der Waals surface area contributed by atoms with Gasteiger partial charge in [-0.1, -0.05) is 0 Å². The standard InChI is InChI=1S/C23H36N6O2/c1-17-19(18(2)24-22-21(17)23(31-4)25-26(22)3)7-8-20(30)29-15-13-28(14-16-29)12-11-27-9-5-6-10-27/h5-16H2,1-4H3. The molecule has 0 spiro atoms. The van der Waals surface area contributed by atoms with Crippen LogP contribution in [0, 0.1) is 13.8 Å². The first-order valence-corrected chi connectivity index (χ1v) is 11.6. The zero-order chi connectivity index (χ0) is 22.0. The van der Waals surface area contributed by atoms with Crippen molar-refractivity contribution in [2.45, 2.75) is 39.5 Å². The maximum atomic E-state index is 12.9. The predicted molar refractivity (Wildman–Crippen MR) is 122 cm³/mol. The highest BCUT2D eigenvalue weighted by Gasteiger charge is 2.23. The molecule has 2 aliphatic rings. The number of carbonyl (C=O) groups excluding carboxylic acids is 1. The van der Waals surface area contributed by atoms with Crippen LogP contribution in [0.4, 0.5) is 0 Å². The van der Waals surface area contributed by atoms with Gasteiger partial charge >= 0.3 is 0 Å². The number of piperazine rings is 1. The highest BCUT2D eigenvalue weighted by molar-refractivity contribution is 5.86. The van der Waals surface area contributed by atoms with Crippen molar-refractivity contribution in [3.63, 3.8) is 0 Å². The van der Waals surface area contributed by atoms with Crippen molar-refractivity contribution in [1.29, 1.82) is 0 Å². The van der Waals surface area contributed by atoms with Gasteiger partial charge in [-0.25, -0.2) is 9.67 Å². The van der Waals surface area contributed by atoms with Gasteiger partial charge in [0.2, 0.25) is 11.8 Å². The zero-order valence-electron chi connectivity index (χ0n) is 19.5. The second-order valence-electron chi connectivity index (χ2n) is 8.90. The third kappa shape index (κ3) is 4.70. The minimum Gasteiger partial charge on any atom is -0.479 e. The lowest BCUT2D eigenvalue weighted by Gasteiger charge is -2.35. The minimum atomic E-state index is 0.247. The summed E-state index contributed by atoms with van der Waals surface area (Å²) in [4.78, 5) is 24.7. The zero-order valence-corrected chi connectivity index (χ0v) is 19.5. The van der Waals surface area contributed by atoms with E-state index in [1.54, 1.807) is 11.8 Å². The number of ether oxygens (including phenoxy) is 1. The molecule has 0 unspecified atom stereocenters. The molecule has 0 bridgehead atoms. The Hall–Kier alpha value is -2.19. The van der Waals surface area contributed by atoms with Crippen LogP contribution in [-0.4, -0.2) is 94.8 Å². The molecule has 170 valence electrons. The van der Waals surface area contributed by atoms with Crippen LogP contribution in [0.5, 0.6) is 5.88 Å². The van der Waals surface area contributed by atoms with Gasteiger partial charge in [0, 0.05) is 58.4 Å². The summed E-state index contributed by atoms with van der Waals surface area (Å²) < 4.78 is 7.21. The highest BCUT2D eigenvalue weighted by Crippen LogP contribution is 2.30. The van der Waals surface area contributed by atoms with Gasteiger partial charge in [-0.2, -0.15) is 0 Å². The molecule has 2 saturated heterocycles. The molecule has 2 aromatic heterocycles. The second-order valence-corrected chi connectivity index (χ2v) is 8.90. The minimum absolute atomic E-state index is 0.247. The van der Waals surface area contributed by atoms with Crippen LogP contribution < -0.4 is 4.74 Å². The molecule has 2 aliphatic heterocycles. The number of amides is 1. The number of rotatable bonds is 7. The van der Waals surface area contributed by atoms with E-state index in [-0.39, 0.29) is 5.91 Å². The van der Waals surface area contributed by atoms with E-state index in [4.69, 9.17) is 9.72 Å². The molecule has 2 fully saturated rings. The van der Waals surface area contributed by atoms with Gasteiger partial charge in [0.05, 0.1) is 12.5 Å². The molecule has 0 aromatic carbocycles. The molecular formula is C23H36N6O2. The molecule has 0 N–H and O–H groups in total. The number of hydrogen-bond donors (Lipinski definition) is 0. The Bertz CT molecular complexity index is 926. The maximum Gasteiger partial charge on any atom is 0.242 e. The SMILES string of the molecule is COc1nn(C)c2nc(C)c(CCC(=O)N3CCN(CCN4CCCC4)CC3)c(C)c12. The molecule has 0 aliphatic carbocycles. The summed E-state index contributed by atoms with van der Waals surface area (Å²) in [6.45, 7) is 12.5. The van der Waals surface area contributed by atoms with Gasteiger partial charge in [0.15, 0.2) is 5.65 Å². The lowest BCUT2D eigenvalue weighted by atomic mass is 10.00. The lowest BCUT2D eigenvalue weighted by molar-refractivity contribution is -0.132. The van der Waals surface area contributed by atoms with Gasteiger partial charge in [-0.05, 0) is 57.3 Å². The van der Waals surface area contributed by atoms with Crippen molar-refractivity contribution in [2.75, 3.05) is 59.5 Å². The van der Waals surface area contributed by atoms with Crippen LogP contribution in [0.3, 0.4) is 0 Å². The molecule has 0 saturated carbocycles. The topological polar surface area (TPSA) is 66.7 Å². The van der Waals surface area contributed by atoms with Crippen molar-refractivity contribution in [3.05, 3.63) is 16.8 Å². The smallest absolute Gasteiger partial charge is 0.242 e. The van der Waals surface area contributed by atoms with Crippen LogP contribution in [0.1, 0.15) is 36.1 Å². The Morgan fingerprint density at radius 1 is 1.00 bits per heavy atom. The fourth-order valence-corrected chi connectivity index (χ4v) is 5.01. The number of hydrogen-bond acceptors (Lipinski definition) is 6. The normalized spacial score (nSPS) is 18.3. The monoisotopic (exact) mass is 428 g/mol.